The highest BCUT2D eigenvalue weighted by molar-refractivity contribution is 6.01. The van der Waals surface area contributed by atoms with Crippen molar-refractivity contribution in [1.82, 2.24) is 35.3 Å². The Labute approximate surface area is 180 Å². The predicted octanol–water partition coefficient (Wildman–Crippen LogP) is 4.71. The molecule has 156 valence electrons. The van der Waals surface area contributed by atoms with Gasteiger partial charge < -0.3 is 9.72 Å². The lowest BCUT2D eigenvalue weighted by Crippen LogP contribution is -1.88. The first-order chi connectivity index (χ1) is 15.7. The lowest BCUT2D eigenvalue weighted by Gasteiger charge is -2.06. The van der Waals surface area contributed by atoms with Crippen molar-refractivity contribution in [1.29, 1.82) is 0 Å². The Hall–Kier alpha value is -4.53. The van der Waals surface area contributed by atoms with Crippen LogP contribution < -0.4 is 4.74 Å². The lowest BCUT2D eigenvalue weighted by molar-refractivity contribution is 0.411. The Morgan fingerprint density at radius 1 is 0.906 bits per heavy atom. The molecule has 0 radical (unpaired) electrons. The summed E-state index contributed by atoms with van der Waals surface area (Å²) < 4.78 is 19.4. The number of pyridine rings is 2. The molecule has 0 aliphatic carbocycles. The average Bonchev–Trinajstić information content (AvgIpc) is 3.56. The fraction of sp³-hybridized carbons (Fsp3) is 0.0435. The molecule has 0 aliphatic rings. The van der Waals surface area contributed by atoms with Gasteiger partial charge in [-0.15, -0.1) is 0 Å². The molecule has 0 saturated carbocycles. The number of ether oxygens (including phenoxy) is 1. The third-order valence-corrected chi connectivity index (χ3v) is 5.46. The number of aromatic amines is 3. The molecule has 6 rings (SSSR count). The summed E-state index contributed by atoms with van der Waals surface area (Å²) in [5, 5.41) is 16.2. The molecule has 5 aromatic heterocycles. The molecular formula is C23H16FN7O. The zero-order chi connectivity index (χ0) is 21.7. The second kappa shape index (κ2) is 7.02. The highest BCUT2D eigenvalue weighted by atomic mass is 19.1. The maximum absolute atomic E-state index is 14.1. The van der Waals surface area contributed by atoms with Crippen LogP contribution in [0.5, 0.6) is 5.75 Å². The van der Waals surface area contributed by atoms with E-state index in [0.717, 1.165) is 50.0 Å². The van der Waals surface area contributed by atoms with Crippen molar-refractivity contribution in [2.45, 2.75) is 0 Å². The molecule has 0 bridgehead atoms. The van der Waals surface area contributed by atoms with Gasteiger partial charge in [-0.3, -0.25) is 20.2 Å². The Morgan fingerprint density at radius 3 is 2.69 bits per heavy atom. The van der Waals surface area contributed by atoms with E-state index in [4.69, 9.17) is 4.74 Å². The van der Waals surface area contributed by atoms with E-state index in [1.165, 1.54) is 19.2 Å². The zero-order valence-electron chi connectivity index (χ0n) is 16.8. The zero-order valence-corrected chi connectivity index (χ0v) is 16.8. The highest BCUT2D eigenvalue weighted by Gasteiger charge is 2.16. The van der Waals surface area contributed by atoms with E-state index < -0.39 is 0 Å². The summed E-state index contributed by atoms with van der Waals surface area (Å²) in [6.07, 6.45) is 8.73. The van der Waals surface area contributed by atoms with Gasteiger partial charge in [0.25, 0.3) is 0 Å². The van der Waals surface area contributed by atoms with Crippen molar-refractivity contribution in [3.8, 4) is 39.5 Å². The van der Waals surface area contributed by atoms with Gasteiger partial charge in [-0.05, 0) is 29.8 Å². The number of aromatic nitrogens is 7. The predicted molar refractivity (Wildman–Crippen MR) is 119 cm³/mol. The summed E-state index contributed by atoms with van der Waals surface area (Å²) in [6, 6.07) is 8.58. The van der Waals surface area contributed by atoms with Crippen molar-refractivity contribution in [3.05, 3.63) is 67.1 Å². The smallest absolute Gasteiger partial charge is 0.127 e. The van der Waals surface area contributed by atoms with Gasteiger partial charge in [0.15, 0.2) is 0 Å². The van der Waals surface area contributed by atoms with Gasteiger partial charge in [0.05, 0.1) is 48.1 Å². The standard InChI is InChI=1S/C23H16FN7O/c1-32-15-3-12(2-14(24)4-15)18-9-25-10-21-16(18)5-20(29-21)23-17-6-19(13-7-27-28-8-13)26-11-22(17)30-31-23/h2-11,29H,1H3,(H,27,28)(H,30,31). The quantitative estimate of drug-likeness (QED) is 0.379. The number of H-pyrrole nitrogens is 3. The summed E-state index contributed by atoms with van der Waals surface area (Å²) >= 11 is 0. The first kappa shape index (κ1) is 18.3. The van der Waals surface area contributed by atoms with Crippen LogP contribution >= 0.6 is 0 Å². The molecule has 3 N–H and O–H groups in total. The van der Waals surface area contributed by atoms with Gasteiger partial charge >= 0.3 is 0 Å². The van der Waals surface area contributed by atoms with Crippen LogP contribution in [0, 0.1) is 5.82 Å². The summed E-state index contributed by atoms with van der Waals surface area (Å²) in [4.78, 5) is 12.2. The molecule has 9 heteroatoms. The molecule has 32 heavy (non-hydrogen) atoms. The Morgan fingerprint density at radius 2 is 1.84 bits per heavy atom. The minimum Gasteiger partial charge on any atom is -0.497 e. The fourth-order valence-corrected chi connectivity index (χ4v) is 3.92. The number of halogens is 1. The second-order valence-corrected chi connectivity index (χ2v) is 7.39. The molecule has 0 saturated heterocycles. The molecular weight excluding hydrogens is 409 g/mol. The summed E-state index contributed by atoms with van der Waals surface area (Å²) in [7, 11) is 1.52. The van der Waals surface area contributed by atoms with Crippen LogP contribution in [0.1, 0.15) is 0 Å². The van der Waals surface area contributed by atoms with E-state index in [0.29, 0.717) is 11.3 Å². The third kappa shape index (κ3) is 2.90. The molecule has 0 unspecified atom stereocenters. The van der Waals surface area contributed by atoms with Crippen LogP contribution in [-0.2, 0) is 0 Å². The molecule has 1 aromatic carbocycles. The van der Waals surface area contributed by atoms with Gasteiger partial charge in [-0.1, -0.05) is 0 Å². The molecule has 0 amide bonds. The average molecular weight is 425 g/mol. The van der Waals surface area contributed by atoms with Gasteiger partial charge in [0.1, 0.15) is 17.3 Å². The van der Waals surface area contributed by atoms with Crippen LogP contribution in [0.2, 0.25) is 0 Å². The maximum Gasteiger partial charge on any atom is 0.127 e. The largest absolute Gasteiger partial charge is 0.497 e. The van der Waals surface area contributed by atoms with E-state index in [9.17, 15) is 4.39 Å². The number of hydrogen-bond acceptors (Lipinski definition) is 5. The van der Waals surface area contributed by atoms with E-state index in [-0.39, 0.29) is 5.82 Å². The number of methoxy groups -OCH3 is 1. The Balaban J connectivity index is 1.51. The Kier molecular flexibility index (Phi) is 4.00. The molecule has 8 nitrogen and oxygen atoms in total. The van der Waals surface area contributed by atoms with Crippen molar-refractivity contribution in [2.24, 2.45) is 0 Å². The fourth-order valence-electron chi connectivity index (χ4n) is 3.92. The van der Waals surface area contributed by atoms with E-state index in [1.807, 2.05) is 12.1 Å². The van der Waals surface area contributed by atoms with E-state index in [2.05, 4.69) is 35.3 Å². The molecule has 5 heterocycles. The number of nitrogens with one attached hydrogen (secondary N) is 3. The SMILES string of the molecule is COc1cc(F)cc(-c2cncc3[nH]c(-c4n[nH]c5cnc(-c6cn[nH]c6)cc45)cc23)c1. The van der Waals surface area contributed by atoms with E-state index >= 15 is 0 Å². The van der Waals surface area contributed by atoms with Crippen LogP contribution in [0.4, 0.5) is 4.39 Å². The van der Waals surface area contributed by atoms with Gasteiger partial charge in [-0.25, -0.2) is 4.39 Å². The Bertz CT molecular complexity index is 1580. The second-order valence-electron chi connectivity index (χ2n) is 7.39. The summed E-state index contributed by atoms with van der Waals surface area (Å²) in [5.74, 6) is 0.0787. The molecule has 0 spiro atoms. The minimum atomic E-state index is -0.371. The molecule has 0 fully saturated rings. The summed E-state index contributed by atoms with van der Waals surface area (Å²) in [5.41, 5.74) is 6.37. The highest BCUT2D eigenvalue weighted by Crippen LogP contribution is 2.35. The number of benzene rings is 1. The van der Waals surface area contributed by atoms with Crippen molar-refractivity contribution in [3.63, 3.8) is 0 Å². The third-order valence-electron chi connectivity index (χ3n) is 5.46. The van der Waals surface area contributed by atoms with Crippen molar-refractivity contribution < 1.29 is 9.13 Å². The number of fused-ring (bicyclic) bond motifs is 2. The number of hydrogen-bond donors (Lipinski definition) is 3. The number of rotatable bonds is 4. The normalized spacial score (nSPS) is 11.4. The van der Waals surface area contributed by atoms with Crippen LogP contribution in [0.3, 0.4) is 0 Å². The van der Waals surface area contributed by atoms with Gasteiger partial charge in [0.2, 0.25) is 0 Å². The van der Waals surface area contributed by atoms with Gasteiger partial charge in [0, 0.05) is 40.4 Å². The van der Waals surface area contributed by atoms with Crippen LogP contribution in [-0.4, -0.2) is 42.5 Å². The summed E-state index contributed by atoms with van der Waals surface area (Å²) in [6.45, 7) is 0. The minimum absolute atomic E-state index is 0.371. The van der Waals surface area contributed by atoms with E-state index in [1.54, 1.807) is 37.1 Å². The van der Waals surface area contributed by atoms with Crippen molar-refractivity contribution >= 4 is 21.8 Å². The molecule has 0 atom stereocenters. The first-order valence-electron chi connectivity index (χ1n) is 9.85. The maximum atomic E-state index is 14.1. The van der Waals surface area contributed by atoms with Crippen molar-refractivity contribution in [2.75, 3.05) is 7.11 Å². The number of nitrogens with zero attached hydrogens (tertiary/aromatic N) is 4. The van der Waals surface area contributed by atoms with Gasteiger partial charge in [-0.2, -0.15) is 10.2 Å². The van der Waals surface area contributed by atoms with Crippen LogP contribution in [0.25, 0.3) is 55.6 Å². The topological polar surface area (TPSA) is 108 Å². The molecule has 0 aliphatic heterocycles. The first-order valence-corrected chi connectivity index (χ1v) is 9.85. The molecule has 6 aromatic rings. The monoisotopic (exact) mass is 425 g/mol. The van der Waals surface area contributed by atoms with Crippen LogP contribution in [0.15, 0.2) is 61.3 Å². The lowest BCUT2D eigenvalue weighted by atomic mass is 10.0.